The quantitative estimate of drug-likeness (QED) is 0.282. The van der Waals surface area contributed by atoms with Crippen molar-refractivity contribution in [2.45, 2.75) is 6.92 Å². The highest BCUT2D eigenvalue weighted by atomic mass is 19.1. The molecule has 0 aliphatic heterocycles. The van der Waals surface area contributed by atoms with Gasteiger partial charge in [-0.1, -0.05) is 6.07 Å². The second-order valence-corrected chi connectivity index (χ2v) is 2.58. The normalized spacial score (nSPS) is 9.77. The Labute approximate surface area is 75.6 Å². The van der Waals surface area contributed by atoms with Gasteiger partial charge in [0.05, 0.1) is 5.69 Å². The zero-order chi connectivity index (χ0) is 9.84. The van der Waals surface area contributed by atoms with E-state index in [1.807, 2.05) is 0 Å². The molecule has 1 rings (SSSR count). The fourth-order valence-electron chi connectivity index (χ4n) is 0.984. The van der Waals surface area contributed by atoms with Gasteiger partial charge in [0, 0.05) is 0 Å². The maximum absolute atomic E-state index is 13.2. The van der Waals surface area contributed by atoms with Crippen molar-refractivity contribution < 1.29 is 4.39 Å². The first-order chi connectivity index (χ1) is 6.19. The molecule has 0 fully saturated rings. The number of nitrogens with zero attached hydrogens (tertiary/aromatic N) is 1. The summed E-state index contributed by atoms with van der Waals surface area (Å²) in [5.41, 5.74) is 3.23. The number of hydrazine groups is 2. The number of aryl methyl sites for hydroxylation is 1. The number of halogens is 1. The van der Waals surface area contributed by atoms with Gasteiger partial charge in [0.25, 0.3) is 0 Å². The molecule has 0 bridgehead atoms. The van der Waals surface area contributed by atoms with Crippen molar-refractivity contribution in [3.63, 3.8) is 0 Å². The minimum absolute atomic E-state index is 0.225. The molecule has 1 aromatic carbocycles. The Morgan fingerprint density at radius 1 is 1.62 bits per heavy atom. The van der Waals surface area contributed by atoms with E-state index in [2.05, 4.69) is 5.53 Å². The zero-order valence-corrected chi connectivity index (χ0v) is 7.21. The molecule has 13 heavy (non-hydrogen) atoms. The van der Waals surface area contributed by atoms with Crippen LogP contribution < -0.4 is 16.4 Å². The van der Waals surface area contributed by atoms with Crippen LogP contribution in [0.3, 0.4) is 0 Å². The lowest BCUT2D eigenvalue weighted by molar-refractivity contribution is 0.617. The summed E-state index contributed by atoms with van der Waals surface area (Å²) < 4.78 is 13.2. The molecule has 0 saturated heterocycles. The minimum atomic E-state index is -0.415. The molecular weight excluding hydrogens is 171 g/mol. The first-order valence-corrected chi connectivity index (χ1v) is 3.71. The van der Waals surface area contributed by atoms with Crippen LogP contribution in [0.1, 0.15) is 5.56 Å². The Bertz CT molecular complexity index is 313. The summed E-state index contributed by atoms with van der Waals surface area (Å²) >= 11 is 0. The van der Waals surface area contributed by atoms with Gasteiger partial charge in [0.1, 0.15) is 12.2 Å². The molecule has 0 aromatic heterocycles. The molecule has 1 aromatic rings. The lowest BCUT2D eigenvalue weighted by Crippen LogP contribution is -2.42. The van der Waals surface area contributed by atoms with Crippen LogP contribution in [0, 0.1) is 18.2 Å². The first kappa shape index (κ1) is 9.63. The van der Waals surface area contributed by atoms with Gasteiger partial charge < -0.3 is 0 Å². The predicted octanol–water partition coefficient (Wildman–Crippen LogP) is 0.926. The fraction of sp³-hybridized carbons (Fsp3) is 0.125. The molecule has 4 nitrogen and oxygen atoms in total. The highest BCUT2D eigenvalue weighted by Gasteiger charge is 2.07. The van der Waals surface area contributed by atoms with Crippen molar-refractivity contribution >= 4 is 12.0 Å². The van der Waals surface area contributed by atoms with Gasteiger partial charge >= 0.3 is 0 Å². The molecule has 5 heteroatoms. The van der Waals surface area contributed by atoms with E-state index in [1.165, 1.54) is 6.07 Å². The molecule has 0 atom stereocenters. The third-order valence-corrected chi connectivity index (χ3v) is 1.63. The summed E-state index contributed by atoms with van der Waals surface area (Å²) in [5, 5.41) is 8.02. The molecule has 0 amide bonds. The number of rotatable bonds is 3. The van der Waals surface area contributed by atoms with E-state index in [4.69, 9.17) is 11.3 Å². The third-order valence-electron chi connectivity index (χ3n) is 1.63. The highest BCUT2D eigenvalue weighted by molar-refractivity contribution is 5.75. The molecule has 0 heterocycles. The molecule has 0 unspecified atom stereocenters. The van der Waals surface area contributed by atoms with Crippen molar-refractivity contribution in [2.24, 2.45) is 5.84 Å². The smallest absolute Gasteiger partial charge is 0.148 e. The third kappa shape index (κ3) is 2.01. The number of nitrogens with two attached hydrogens (primary N) is 1. The van der Waals surface area contributed by atoms with E-state index in [-0.39, 0.29) is 5.69 Å². The maximum atomic E-state index is 13.2. The summed E-state index contributed by atoms with van der Waals surface area (Å²) in [6.45, 7) is 1.79. The SMILES string of the molecule is Cc1ccc(N(C=N)NN)c(F)c1. The van der Waals surface area contributed by atoms with Crippen LogP contribution in [0.15, 0.2) is 18.2 Å². The lowest BCUT2D eigenvalue weighted by atomic mass is 10.2. The van der Waals surface area contributed by atoms with Crippen LogP contribution in [0.5, 0.6) is 0 Å². The molecule has 0 spiro atoms. The second kappa shape index (κ2) is 3.97. The van der Waals surface area contributed by atoms with E-state index in [0.717, 1.165) is 16.9 Å². The predicted molar refractivity (Wildman–Crippen MR) is 49.7 cm³/mol. The standard InChI is InChI=1S/C8H11FN4/c1-6-2-3-8(7(9)4-6)13(5-10)12-11/h2-5,10,12H,11H2,1H3. The van der Waals surface area contributed by atoms with Gasteiger partial charge in [-0.25, -0.2) is 4.39 Å². The highest BCUT2D eigenvalue weighted by Crippen LogP contribution is 2.17. The molecule has 0 saturated carbocycles. The number of nitrogens with one attached hydrogen (secondary N) is 2. The van der Waals surface area contributed by atoms with Crippen molar-refractivity contribution in [1.82, 2.24) is 5.53 Å². The Hall–Kier alpha value is -1.46. The van der Waals surface area contributed by atoms with Gasteiger partial charge in [0.2, 0.25) is 0 Å². The number of anilines is 1. The topological polar surface area (TPSA) is 65.1 Å². The fourth-order valence-corrected chi connectivity index (χ4v) is 0.984. The molecule has 70 valence electrons. The number of benzene rings is 1. The van der Waals surface area contributed by atoms with E-state index >= 15 is 0 Å². The Kier molecular flexibility index (Phi) is 2.94. The monoisotopic (exact) mass is 182 g/mol. The zero-order valence-electron chi connectivity index (χ0n) is 7.21. The maximum Gasteiger partial charge on any atom is 0.148 e. The van der Waals surface area contributed by atoms with E-state index in [0.29, 0.717) is 0 Å². The Balaban J connectivity index is 3.06. The Morgan fingerprint density at radius 3 is 2.77 bits per heavy atom. The van der Waals surface area contributed by atoms with Gasteiger partial charge in [-0.3, -0.25) is 16.3 Å². The first-order valence-electron chi connectivity index (χ1n) is 3.71. The van der Waals surface area contributed by atoms with Crippen LogP contribution in [0.25, 0.3) is 0 Å². The summed E-state index contributed by atoms with van der Waals surface area (Å²) in [7, 11) is 0. The van der Waals surface area contributed by atoms with Crippen molar-refractivity contribution in [2.75, 3.05) is 5.01 Å². The van der Waals surface area contributed by atoms with Crippen molar-refractivity contribution in [3.8, 4) is 0 Å². The van der Waals surface area contributed by atoms with Crippen LogP contribution in [-0.2, 0) is 0 Å². The van der Waals surface area contributed by atoms with Gasteiger partial charge in [-0.05, 0) is 24.6 Å². The average Bonchev–Trinajstić information content (AvgIpc) is 2.10. The Morgan fingerprint density at radius 2 is 2.31 bits per heavy atom. The van der Waals surface area contributed by atoms with E-state index < -0.39 is 5.82 Å². The summed E-state index contributed by atoms with van der Waals surface area (Å²) in [4.78, 5) is 0. The molecular formula is C8H11FN4. The van der Waals surface area contributed by atoms with Crippen LogP contribution in [0.2, 0.25) is 0 Å². The van der Waals surface area contributed by atoms with Gasteiger partial charge in [-0.2, -0.15) is 5.53 Å². The molecule has 0 radical (unpaired) electrons. The summed E-state index contributed by atoms with van der Waals surface area (Å²) in [6, 6.07) is 4.67. The lowest BCUT2D eigenvalue weighted by Gasteiger charge is -2.17. The number of hydrogen-bond acceptors (Lipinski definition) is 3. The molecule has 0 aliphatic rings. The van der Waals surface area contributed by atoms with Gasteiger partial charge in [-0.15, -0.1) is 0 Å². The van der Waals surface area contributed by atoms with E-state index in [9.17, 15) is 4.39 Å². The molecule has 4 N–H and O–H groups in total. The summed E-state index contributed by atoms with van der Waals surface area (Å²) in [6.07, 6.45) is 0.897. The van der Waals surface area contributed by atoms with Crippen molar-refractivity contribution in [3.05, 3.63) is 29.6 Å². The van der Waals surface area contributed by atoms with Crippen LogP contribution in [-0.4, -0.2) is 6.34 Å². The summed E-state index contributed by atoms with van der Waals surface area (Å²) in [5.74, 6) is 4.66. The molecule has 0 aliphatic carbocycles. The van der Waals surface area contributed by atoms with Crippen molar-refractivity contribution in [1.29, 1.82) is 5.41 Å². The minimum Gasteiger partial charge on any atom is -0.290 e. The largest absolute Gasteiger partial charge is 0.290 e. The van der Waals surface area contributed by atoms with Gasteiger partial charge in [0.15, 0.2) is 0 Å². The second-order valence-electron chi connectivity index (χ2n) is 2.58. The van der Waals surface area contributed by atoms with Crippen LogP contribution >= 0.6 is 0 Å². The van der Waals surface area contributed by atoms with E-state index in [1.54, 1.807) is 19.1 Å². The number of hydrogen-bond donors (Lipinski definition) is 3. The average molecular weight is 182 g/mol. The van der Waals surface area contributed by atoms with Crippen LogP contribution in [0.4, 0.5) is 10.1 Å².